The Labute approximate surface area is 83.7 Å². The zero-order chi connectivity index (χ0) is 9.97. The summed E-state index contributed by atoms with van der Waals surface area (Å²) in [7, 11) is 0. The van der Waals surface area contributed by atoms with Crippen LogP contribution in [0.5, 0.6) is 0 Å². The molecule has 78 valence electrons. The van der Waals surface area contributed by atoms with E-state index in [0.717, 1.165) is 25.7 Å². The summed E-state index contributed by atoms with van der Waals surface area (Å²) in [5.74, 6) is 0.649. The number of aliphatic hydroxyl groups is 1. The molecule has 2 rings (SSSR count). The lowest BCUT2D eigenvalue weighted by Crippen LogP contribution is -2.24. The van der Waals surface area contributed by atoms with Crippen molar-refractivity contribution in [2.45, 2.75) is 44.2 Å². The molecule has 2 unspecified atom stereocenters. The van der Waals surface area contributed by atoms with Gasteiger partial charge in [-0.2, -0.15) is 5.10 Å². The second-order valence-electron chi connectivity index (χ2n) is 3.97. The molecule has 2 atom stereocenters. The van der Waals surface area contributed by atoms with Gasteiger partial charge in [-0.1, -0.05) is 19.3 Å². The van der Waals surface area contributed by atoms with Gasteiger partial charge in [-0.3, -0.25) is 0 Å². The van der Waals surface area contributed by atoms with Gasteiger partial charge in [-0.15, -0.1) is 0 Å². The molecule has 0 spiro atoms. The maximum atomic E-state index is 9.93. The van der Waals surface area contributed by atoms with Gasteiger partial charge >= 0.3 is 0 Å². The van der Waals surface area contributed by atoms with Gasteiger partial charge in [0.2, 0.25) is 0 Å². The minimum atomic E-state index is -0.292. The Morgan fingerprint density at radius 2 is 2.14 bits per heavy atom. The van der Waals surface area contributed by atoms with Crippen LogP contribution in [-0.2, 0) is 0 Å². The molecule has 0 bridgehead atoms. The van der Waals surface area contributed by atoms with Gasteiger partial charge in [0, 0.05) is 0 Å². The fourth-order valence-corrected chi connectivity index (χ4v) is 2.16. The SMILES string of the molecule is Nc1ccnn1C1CCCCCC1O. The van der Waals surface area contributed by atoms with Gasteiger partial charge in [0.25, 0.3) is 0 Å². The van der Waals surface area contributed by atoms with E-state index in [1.165, 1.54) is 6.42 Å². The predicted molar refractivity (Wildman–Crippen MR) is 54.8 cm³/mol. The Bertz CT molecular complexity index is 297. The molecule has 1 aliphatic carbocycles. The lowest BCUT2D eigenvalue weighted by Gasteiger charge is -2.21. The number of nitrogens with zero attached hydrogens (tertiary/aromatic N) is 2. The molecule has 1 aliphatic rings. The van der Waals surface area contributed by atoms with E-state index in [1.54, 1.807) is 16.9 Å². The van der Waals surface area contributed by atoms with E-state index < -0.39 is 0 Å². The molecule has 1 aromatic rings. The number of aliphatic hydroxyl groups excluding tert-OH is 1. The minimum absolute atomic E-state index is 0.0764. The van der Waals surface area contributed by atoms with E-state index in [4.69, 9.17) is 5.73 Å². The van der Waals surface area contributed by atoms with Crippen LogP contribution in [0.1, 0.15) is 38.1 Å². The van der Waals surface area contributed by atoms with Crippen LogP contribution in [0, 0.1) is 0 Å². The monoisotopic (exact) mass is 195 g/mol. The Morgan fingerprint density at radius 3 is 2.86 bits per heavy atom. The van der Waals surface area contributed by atoms with Gasteiger partial charge in [0.1, 0.15) is 5.82 Å². The highest BCUT2D eigenvalue weighted by Crippen LogP contribution is 2.28. The molecular formula is C10H17N3O. The molecule has 1 aromatic heterocycles. The Hall–Kier alpha value is -1.03. The molecular weight excluding hydrogens is 178 g/mol. The summed E-state index contributed by atoms with van der Waals surface area (Å²) in [4.78, 5) is 0. The van der Waals surface area contributed by atoms with E-state index in [1.807, 2.05) is 0 Å². The number of hydrogen-bond donors (Lipinski definition) is 2. The van der Waals surface area contributed by atoms with Crippen molar-refractivity contribution in [1.29, 1.82) is 0 Å². The lowest BCUT2D eigenvalue weighted by atomic mass is 10.1. The van der Waals surface area contributed by atoms with Crippen molar-refractivity contribution in [1.82, 2.24) is 9.78 Å². The van der Waals surface area contributed by atoms with Gasteiger partial charge in [0.05, 0.1) is 18.3 Å². The highest BCUT2D eigenvalue weighted by atomic mass is 16.3. The molecule has 4 nitrogen and oxygen atoms in total. The third-order valence-corrected chi connectivity index (χ3v) is 2.96. The molecule has 0 radical (unpaired) electrons. The first-order valence-corrected chi connectivity index (χ1v) is 5.26. The molecule has 0 aromatic carbocycles. The summed E-state index contributed by atoms with van der Waals surface area (Å²) < 4.78 is 1.76. The van der Waals surface area contributed by atoms with Crippen LogP contribution in [0.4, 0.5) is 5.82 Å². The van der Waals surface area contributed by atoms with Crippen LogP contribution >= 0.6 is 0 Å². The largest absolute Gasteiger partial charge is 0.391 e. The summed E-state index contributed by atoms with van der Waals surface area (Å²) in [6, 6.07) is 1.85. The van der Waals surface area contributed by atoms with Crippen LogP contribution in [0.3, 0.4) is 0 Å². The molecule has 14 heavy (non-hydrogen) atoms. The fourth-order valence-electron chi connectivity index (χ4n) is 2.16. The van der Waals surface area contributed by atoms with Crippen molar-refractivity contribution in [3.05, 3.63) is 12.3 Å². The lowest BCUT2D eigenvalue weighted by molar-refractivity contribution is 0.100. The first kappa shape index (κ1) is 9.52. The quantitative estimate of drug-likeness (QED) is 0.664. The number of nitrogens with two attached hydrogens (primary N) is 1. The van der Waals surface area contributed by atoms with E-state index in [2.05, 4.69) is 5.10 Å². The molecule has 0 saturated heterocycles. The van der Waals surface area contributed by atoms with E-state index in [9.17, 15) is 5.11 Å². The van der Waals surface area contributed by atoms with E-state index in [0.29, 0.717) is 5.82 Å². The molecule has 0 amide bonds. The first-order valence-electron chi connectivity index (χ1n) is 5.26. The van der Waals surface area contributed by atoms with Crippen molar-refractivity contribution in [2.75, 3.05) is 5.73 Å². The van der Waals surface area contributed by atoms with Crippen LogP contribution in [0.25, 0.3) is 0 Å². The Balaban J connectivity index is 2.19. The van der Waals surface area contributed by atoms with Gasteiger partial charge in [0.15, 0.2) is 0 Å². The molecule has 1 heterocycles. The first-order chi connectivity index (χ1) is 6.79. The number of hydrogen-bond acceptors (Lipinski definition) is 3. The third kappa shape index (κ3) is 1.75. The van der Waals surface area contributed by atoms with Crippen LogP contribution in [0.2, 0.25) is 0 Å². The number of anilines is 1. The minimum Gasteiger partial charge on any atom is -0.391 e. The van der Waals surface area contributed by atoms with Gasteiger partial charge in [-0.05, 0) is 18.9 Å². The van der Waals surface area contributed by atoms with Crippen molar-refractivity contribution in [3.63, 3.8) is 0 Å². The molecule has 3 N–H and O–H groups in total. The molecule has 0 aliphatic heterocycles. The maximum Gasteiger partial charge on any atom is 0.122 e. The maximum absolute atomic E-state index is 9.93. The highest BCUT2D eigenvalue weighted by Gasteiger charge is 2.24. The summed E-state index contributed by atoms with van der Waals surface area (Å²) in [6.45, 7) is 0. The standard InChI is InChI=1S/C10H17N3O/c11-10-6-7-12-13(10)8-4-2-1-3-5-9(8)14/h6-9,14H,1-5,11H2. The van der Waals surface area contributed by atoms with Gasteiger partial charge < -0.3 is 10.8 Å². The second-order valence-corrected chi connectivity index (χ2v) is 3.97. The van der Waals surface area contributed by atoms with Gasteiger partial charge in [-0.25, -0.2) is 4.68 Å². The number of rotatable bonds is 1. The Morgan fingerprint density at radius 1 is 1.36 bits per heavy atom. The third-order valence-electron chi connectivity index (χ3n) is 2.96. The average Bonchev–Trinajstić information content (AvgIpc) is 2.46. The second kappa shape index (κ2) is 4.00. The van der Waals surface area contributed by atoms with E-state index >= 15 is 0 Å². The predicted octanol–water partition coefficient (Wildman–Crippen LogP) is 1.33. The smallest absolute Gasteiger partial charge is 0.122 e. The van der Waals surface area contributed by atoms with Crippen molar-refractivity contribution in [2.24, 2.45) is 0 Å². The topological polar surface area (TPSA) is 64.1 Å². The fraction of sp³-hybridized carbons (Fsp3) is 0.700. The molecule has 1 fully saturated rings. The number of nitrogen functional groups attached to an aromatic ring is 1. The van der Waals surface area contributed by atoms with Crippen LogP contribution < -0.4 is 5.73 Å². The van der Waals surface area contributed by atoms with E-state index in [-0.39, 0.29) is 12.1 Å². The Kier molecular flexibility index (Phi) is 2.72. The van der Waals surface area contributed by atoms with Crippen LogP contribution in [-0.4, -0.2) is 21.0 Å². The molecule has 4 heteroatoms. The summed E-state index contributed by atoms with van der Waals surface area (Å²) in [5.41, 5.74) is 5.77. The summed E-state index contributed by atoms with van der Waals surface area (Å²) in [5, 5.41) is 14.1. The highest BCUT2D eigenvalue weighted by molar-refractivity contribution is 5.26. The average molecular weight is 195 g/mol. The van der Waals surface area contributed by atoms with Crippen LogP contribution in [0.15, 0.2) is 12.3 Å². The van der Waals surface area contributed by atoms with Crippen molar-refractivity contribution in [3.8, 4) is 0 Å². The zero-order valence-corrected chi connectivity index (χ0v) is 8.26. The zero-order valence-electron chi connectivity index (χ0n) is 8.26. The normalized spacial score (nSPS) is 28.6. The summed E-state index contributed by atoms with van der Waals surface area (Å²) in [6.07, 6.45) is 6.71. The van der Waals surface area contributed by atoms with Crippen molar-refractivity contribution >= 4 is 5.82 Å². The number of aromatic nitrogens is 2. The molecule has 1 saturated carbocycles. The van der Waals surface area contributed by atoms with Crippen molar-refractivity contribution < 1.29 is 5.11 Å². The summed E-state index contributed by atoms with van der Waals surface area (Å²) >= 11 is 0.